The molecule has 0 unspecified atom stereocenters. The molecular formula is C9H15NO2. The maximum absolute atomic E-state index is 11.0. The quantitative estimate of drug-likeness (QED) is 0.495. The molecule has 1 atom stereocenters. The lowest BCUT2D eigenvalue weighted by Crippen LogP contribution is -2.34. The predicted octanol–water partition coefficient (Wildman–Crippen LogP) is 0.987. The Bertz CT molecular complexity index is 199. The largest absolute Gasteiger partial charge is 0.468 e. The van der Waals surface area contributed by atoms with E-state index in [4.69, 9.17) is 5.73 Å². The molecule has 0 saturated carbocycles. The fourth-order valence-electron chi connectivity index (χ4n) is 1.42. The van der Waals surface area contributed by atoms with Crippen LogP contribution >= 0.6 is 0 Å². The van der Waals surface area contributed by atoms with Crippen LogP contribution in [0.3, 0.4) is 0 Å². The Morgan fingerprint density at radius 2 is 2.42 bits per heavy atom. The molecule has 2 N–H and O–H groups in total. The van der Waals surface area contributed by atoms with Gasteiger partial charge in [-0.15, -0.1) is 0 Å². The second kappa shape index (κ2) is 4.26. The molecule has 0 spiro atoms. The number of hydrogen-bond donors (Lipinski definition) is 1. The summed E-state index contributed by atoms with van der Waals surface area (Å²) in [6, 6.07) is -0.532. The third-order valence-electron chi connectivity index (χ3n) is 2.18. The van der Waals surface area contributed by atoms with Crippen LogP contribution < -0.4 is 5.73 Å². The molecule has 68 valence electrons. The summed E-state index contributed by atoms with van der Waals surface area (Å²) in [6.45, 7) is 0. The summed E-state index contributed by atoms with van der Waals surface area (Å²) in [5.41, 5.74) is 6.69. The first kappa shape index (κ1) is 9.26. The second-order valence-corrected chi connectivity index (χ2v) is 3.03. The molecule has 3 nitrogen and oxygen atoms in total. The maximum Gasteiger partial charge on any atom is 0.326 e. The molecule has 0 amide bonds. The van der Waals surface area contributed by atoms with Crippen molar-refractivity contribution in [1.29, 1.82) is 0 Å². The molecule has 0 radical (unpaired) electrons. The Labute approximate surface area is 72.6 Å². The SMILES string of the molecule is COC(=O)[C@H](N)C1=CCCCC1. The van der Waals surface area contributed by atoms with Crippen molar-refractivity contribution in [3.05, 3.63) is 11.6 Å². The molecule has 0 bridgehead atoms. The highest BCUT2D eigenvalue weighted by Gasteiger charge is 2.19. The number of esters is 1. The van der Waals surface area contributed by atoms with E-state index in [1.165, 1.54) is 13.5 Å². The molecule has 0 aromatic carbocycles. The van der Waals surface area contributed by atoms with E-state index in [9.17, 15) is 4.79 Å². The van der Waals surface area contributed by atoms with Gasteiger partial charge in [-0.2, -0.15) is 0 Å². The zero-order chi connectivity index (χ0) is 8.97. The van der Waals surface area contributed by atoms with Crippen LogP contribution in [0.5, 0.6) is 0 Å². The molecule has 0 aromatic heterocycles. The van der Waals surface area contributed by atoms with Gasteiger partial charge in [0.25, 0.3) is 0 Å². The van der Waals surface area contributed by atoms with Gasteiger partial charge in [0, 0.05) is 0 Å². The van der Waals surface area contributed by atoms with Crippen molar-refractivity contribution in [2.24, 2.45) is 5.73 Å². The van der Waals surface area contributed by atoms with Gasteiger partial charge in [-0.05, 0) is 31.3 Å². The van der Waals surface area contributed by atoms with Crippen molar-refractivity contribution in [3.8, 4) is 0 Å². The summed E-state index contributed by atoms with van der Waals surface area (Å²) >= 11 is 0. The fraction of sp³-hybridized carbons (Fsp3) is 0.667. The van der Waals surface area contributed by atoms with Crippen LogP contribution in [-0.4, -0.2) is 19.1 Å². The van der Waals surface area contributed by atoms with E-state index in [2.05, 4.69) is 10.8 Å². The standard InChI is InChI=1S/C9H15NO2/c1-12-9(11)8(10)7-5-3-2-4-6-7/h5,8H,2-4,6,10H2,1H3/t8-/m1/s1. The van der Waals surface area contributed by atoms with Crippen LogP contribution in [0.2, 0.25) is 0 Å². The highest BCUT2D eigenvalue weighted by molar-refractivity contribution is 5.79. The van der Waals surface area contributed by atoms with Crippen LogP contribution in [0.25, 0.3) is 0 Å². The first-order chi connectivity index (χ1) is 5.75. The smallest absolute Gasteiger partial charge is 0.326 e. The van der Waals surface area contributed by atoms with Crippen molar-refractivity contribution >= 4 is 5.97 Å². The highest BCUT2D eigenvalue weighted by atomic mass is 16.5. The van der Waals surface area contributed by atoms with E-state index in [0.717, 1.165) is 24.8 Å². The zero-order valence-electron chi connectivity index (χ0n) is 7.38. The third kappa shape index (κ3) is 2.08. The first-order valence-electron chi connectivity index (χ1n) is 4.28. The molecule has 12 heavy (non-hydrogen) atoms. The predicted molar refractivity (Wildman–Crippen MR) is 46.5 cm³/mol. The number of rotatable bonds is 2. The van der Waals surface area contributed by atoms with Crippen molar-refractivity contribution in [3.63, 3.8) is 0 Å². The molecule has 1 rings (SSSR count). The van der Waals surface area contributed by atoms with Gasteiger partial charge in [-0.3, -0.25) is 4.79 Å². The molecule has 1 aliphatic rings. The van der Waals surface area contributed by atoms with Crippen LogP contribution in [0.1, 0.15) is 25.7 Å². The van der Waals surface area contributed by atoms with Crippen molar-refractivity contribution in [2.75, 3.05) is 7.11 Å². The van der Waals surface area contributed by atoms with E-state index < -0.39 is 6.04 Å². The number of carbonyl (C=O) groups is 1. The lowest BCUT2D eigenvalue weighted by atomic mass is 9.94. The number of methoxy groups -OCH3 is 1. The van der Waals surface area contributed by atoms with Gasteiger partial charge in [0.1, 0.15) is 6.04 Å². The molecule has 0 saturated heterocycles. The van der Waals surface area contributed by atoms with E-state index in [-0.39, 0.29) is 5.97 Å². The summed E-state index contributed by atoms with van der Waals surface area (Å²) in [7, 11) is 1.37. The molecular weight excluding hydrogens is 154 g/mol. The summed E-state index contributed by atoms with van der Waals surface area (Å²) < 4.78 is 4.56. The topological polar surface area (TPSA) is 52.3 Å². The van der Waals surface area contributed by atoms with E-state index in [0.29, 0.717) is 0 Å². The van der Waals surface area contributed by atoms with Crippen LogP contribution in [-0.2, 0) is 9.53 Å². The monoisotopic (exact) mass is 169 g/mol. The number of ether oxygens (including phenoxy) is 1. The first-order valence-corrected chi connectivity index (χ1v) is 4.28. The molecule has 0 aromatic rings. The average Bonchev–Trinajstić information content (AvgIpc) is 2.17. The Balaban J connectivity index is 2.56. The molecule has 0 fully saturated rings. The van der Waals surface area contributed by atoms with E-state index in [1.54, 1.807) is 0 Å². The maximum atomic E-state index is 11.0. The van der Waals surface area contributed by atoms with Gasteiger partial charge in [-0.25, -0.2) is 0 Å². The second-order valence-electron chi connectivity index (χ2n) is 3.03. The highest BCUT2D eigenvalue weighted by Crippen LogP contribution is 2.19. The van der Waals surface area contributed by atoms with Crippen molar-refractivity contribution < 1.29 is 9.53 Å². The van der Waals surface area contributed by atoms with Crippen molar-refractivity contribution in [2.45, 2.75) is 31.7 Å². The number of allylic oxidation sites excluding steroid dienone is 1. The number of nitrogens with two attached hydrogens (primary N) is 1. The van der Waals surface area contributed by atoms with Gasteiger partial charge >= 0.3 is 5.97 Å². The third-order valence-corrected chi connectivity index (χ3v) is 2.18. The van der Waals surface area contributed by atoms with Gasteiger partial charge in [0.05, 0.1) is 7.11 Å². The summed E-state index contributed by atoms with van der Waals surface area (Å²) in [5, 5.41) is 0. The van der Waals surface area contributed by atoms with Gasteiger partial charge in [-0.1, -0.05) is 6.08 Å². The lowest BCUT2D eigenvalue weighted by molar-refractivity contribution is -0.141. The molecule has 0 heterocycles. The molecule has 0 aliphatic heterocycles. The number of carbonyl (C=O) groups excluding carboxylic acids is 1. The fourth-order valence-corrected chi connectivity index (χ4v) is 1.42. The normalized spacial score (nSPS) is 19.7. The minimum Gasteiger partial charge on any atom is -0.468 e. The molecule has 3 heteroatoms. The minimum atomic E-state index is -0.532. The zero-order valence-corrected chi connectivity index (χ0v) is 7.38. The van der Waals surface area contributed by atoms with Crippen molar-refractivity contribution in [1.82, 2.24) is 0 Å². The summed E-state index contributed by atoms with van der Waals surface area (Å²) in [4.78, 5) is 11.0. The Morgan fingerprint density at radius 3 is 2.92 bits per heavy atom. The van der Waals surface area contributed by atoms with Gasteiger partial charge in [0.2, 0.25) is 0 Å². The summed E-state index contributed by atoms with van der Waals surface area (Å²) in [6.07, 6.45) is 6.38. The van der Waals surface area contributed by atoms with E-state index in [1.807, 2.05) is 0 Å². The Hall–Kier alpha value is -0.830. The minimum absolute atomic E-state index is 0.330. The Morgan fingerprint density at radius 1 is 1.67 bits per heavy atom. The molecule has 1 aliphatic carbocycles. The van der Waals surface area contributed by atoms with Gasteiger partial charge < -0.3 is 10.5 Å². The van der Waals surface area contributed by atoms with Crippen LogP contribution in [0.4, 0.5) is 0 Å². The van der Waals surface area contributed by atoms with Crippen LogP contribution in [0.15, 0.2) is 11.6 Å². The van der Waals surface area contributed by atoms with Crippen LogP contribution in [0, 0.1) is 0 Å². The summed E-state index contributed by atoms with van der Waals surface area (Å²) in [5.74, 6) is -0.330. The average molecular weight is 169 g/mol. The van der Waals surface area contributed by atoms with E-state index >= 15 is 0 Å². The van der Waals surface area contributed by atoms with Gasteiger partial charge in [0.15, 0.2) is 0 Å². The Kier molecular flexibility index (Phi) is 3.29. The lowest BCUT2D eigenvalue weighted by Gasteiger charge is -2.17. The number of hydrogen-bond acceptors (Lipinski definition) is 3.